The average molecular weight is 391 g/mol. The van der Waals surface area contributed by atoms with E-state index < -0.39 is 0 Å². The summed E-state index contributed by atoms with van der Waals surface area (Å²) in [5.41, 5.74) is 4.61. The maximum Gasteiger partial charge on any atom is 0.249 e. The smallest absolute Gasteiger partial charge is 0.249 e. The van der Waals surface area contributed by atoms with Crippen LogP contribution < -0.4 is 15.5 Å². The molecule has 1 heterocycles. The van der Waals surface area contributed by atoms with Crippen LogP contribution in [0.2, 0.25) is 0 Å². The molecule has 3 aromatic rings. The summed E-state index contributed by atoms with van der Waals surface area (Å²) in [6, 6.07) is 17.9. The second-order valence-corrected chi connectivity index (χ2v) is 6.78. The lowest BCUT2D eigenvalue weighted by atomic mass is 10.1. The van der Waals surface area contributed by atoms with Crippen LogP contribution in [0.15, 0.2) is 54.6 Å². The summed E-state index contributed by atoms with van der Waals surface area (Å²) < 4.78 is 0. The molecule has 0 fully saturated rings. The Balaban J connectivity index is 1.69. The van der Waals surface area contributed by atoms with E-state index in [4.69, 9.17) is 12.2 Å². The minimum absolute atomic E-state index is 0.349. The van der Waals surface area contributed by atoms with Crippen LogP contribution in [0.25, 0.3) is 12.2 Å². The van der Waals surface area contributed by atoms with Crippen molar-refractivity contribution in [3.63, 3.8) is 0 Å². The molecule has 28 heavy (non-hydrogen) atoms. The standard InChI is InChI=1S/C21H22N6S/c1-15-19(14-11-16-9-12-18(13-10-16)27(2)3)23-20(26-25-15)24-21(28)22-17-7-5-4-6-8-17/h4-14H,1-3H3,(H2,22,23,24,26,28)/b14-11+. The van der Waals surface area contributed by atoms with E-state index in [1.807, 2.05) is 63.5 Å². The molecule has 0 saturated carbocycles. The summed E-state index contributed by atoms with van der Waals surface area (Å²) in [6.07, 6.45) is 3.92. The van der Waals surface area contributed by atoms with E-state index in [9.17, 15) is 0 Å². The summed E-state index contributed by atoms with van der Waals surface area (Å²) in [5, 5.41) is 14.7. The molecule has 0 spiro atoms. The fourth-order valence-electron chi connectivity index (χ4n) is 2.45. The van der Waals surface area contributed by atoms with Crippen LogP contribution in [0, 0.1) is 6.92 Å². The highest BCUT2D eigenvalue weighted by Gasteiger charge is 2.05. The fraction of sp³-hybridized carbons (Fsp3) is 0.143. The van der Waals surface area contributed by atoms with Crippen molar-refractivity contribution in [1.82, 2.24) is 15.2 Å². The van der Waals surface area contributed by atoms with Crippen molar-refractivity contribution in [2.75, 3.05) is 29.6 Å². The highest BCUT2D eigenvalue weighted by Crippen LogP contribution is 2.15. The number of hydrogen-bond donors (Lipinski definition) is 2. The minimum atomic E-state index is 0.349. The highest BCUT2D eigenvalue weighted by atomic mass is 32.1. The van der Waals surface area contributed by atoms with E-state index in [0.717, 1.165) is 28.3 Å². The number of benzene rings is 2. The molecule has 0 amide bonds. The minimum Gasteiger partial charge on any atom is -0.378 e. The van der Waals surface area contributed by atoms with Gasteiger partial charge in [0.2, 0.25) is 5.95 Å². The Morgan fingerprint density at radius 3 is 2.32 bits per heavy atom. The van der Waals surface area contributed by atoms with Gasteiger partial charge in [-0.25, -0.2) is 4.98 Å². The van der Waals surface area contributed by atoms with Gasteiger partial charge in [-0.1, -0.05) is 36.4 Å². The lowest BCUT2D eigenvalue weighted by Crippen LogP contribution is -2.21. The molecule has 6 nitrogen and oxygen atoms in total. The molecule has 0 radical (unpaired) electrons. The quantitative estimate of drug-likeness (QED) is 0.632. The van der Waals surface area contributed by atoms with E-state index in [2.05, 4.69) is 55.0 Å². The van der Waals surface area contributed by atoms with Gasteiger partial charge in [-0.15, -0.1) is 10.2 Å². The summed E-state index contributed by atoms with van der Waals surface area (Å²) in [7, 11) is 4.04. The third-order valence-electron chi connectivity index (χ3n) is 3.99. The van der Waals surface area contributed by atoms with Crippen LogP contribution >= 0.6 is 12.2 Å². The van der Waals surface area contributed by atoms with Crippen LogP contribution in [-0.4, -0.2) is 34.4 Å². The number of thiocarbonyl (C=S) groups is 1. The highest BCUT2D eigenvalue weighted by molar-refractivity contribution is 7.80. The first-order valence-electron chi connectivity index (χ1n) is 8.81. The van der Waals surface area contributed by atoms with Gasteiger partial charge in [0.05, 0.1) is 11.4 Å². The van der Waals surface area contributed by atoms with Crippen molar-refractivity contribution in [3.05, 3.63) is 71.5 Å². The molecule has 7 heteroatoms. The first kappa shape index (κ1) is 19.4. The summed E-state index contributed by atoms with van der Waals surface area (Å²) in [6.45, 7) is 1.87. The van der Waals surface area contributed by atoms with E-state index in [-0.39, 0.29) is 0 Å². The molecule has 0 saturated heterocycles. The molecule has 0 aliphatic heterocycles. The number of nitrogens with zero attached hydrogens (tertiary/aromatic N) is 4. The zero-order valence-electron chi connectivity index (χ0n) is 16.0. The lowest BCUT2D eigenvalue weighted by molar-refractivity contribution is 0.929. The molecule has 0 aliphatic carbocycles. The monoisotopic (exact) mass is 390 g/mol. The Labute approximate surface area is 170 Å². The number of para-hydroxylation sites is 1. The number of rotatable bonds is 5. The van der Waals surface area contributed by atoms with Crippen LogP contribution in [-0.2, 0) is 0 Å². The van der Waals surface area contributed by atoms with E-state index in [1.165, 1.54) is 0 Å². The molecular formula is C21H22N6S. The molecular weight excluding hydrogens is 368 g/mol. The number of aryl methyl sites for hydroxylation is 1. The van der Waals surface area contributed by atoms with Gasteiger partial charge in [-0.3, -0.25) is 5.32 Å². The van der Waals surface area contributed by atoms with Crippen LogP contribution in [0.5, 0.6) is 0 Å². The Morgan fingerprint density at radius 2 is 1.64 bits per heavy atom. The van der Waals surface area contributed by atoms with Crippen molar-refractivity contribution < 1.29 is 0 Å². The summed E-state index contributed by atoms with van der Waals surface area (Å²) in [4.78, 5) is 6.57. The Hall–Kier alpha value is -3.32. The lowest BCUT2D eigenvalue weighted by Gasteiger charge is -2.11. The van der Waals surface area contributed by atoms with Gasteiger partial charge in [0, 0.05) is 25.5 Å². The Morgan fingerprint density at radius 1 is 0.929 bits per heavy atom. The second kappa shape index (κ2) is 9.05. The molecule has 0 aliphatic rings. The van der Waals surface area contributed by atoms with Crippen molar-refractivity contribution in [2.24, 2.45) is 0 Å². The normalized spacial score (nSPS) is 10.7. The van der Waals surface area contributed by atoms with E-state index >= 15 is 0 Å². The molecule has 0 atom stereocenters. The molecule has 142 valence electrons. The maximum absolute atomic E-state index is 5.32. The Kier molecular flexibility index (Phi) is 6.29. The van der Waals surface area contributed by atoms with Crippen LogP contribution in [0.1, 0.15) is 17.0 Å². The molecule has 0 bridgehead atoms. The fourth-order valence-corrected chi connectivity index (χ4v) is 2.66. The first-order valence-corrected chi connectivity index (χ1v) is 9.22. The summed E-state index contributed by atoms with van der Waals surface area (Å²) >= 11 is 5.32. The SMILES string of the molecule is Cc1nnc(NC(=S)Nc2ccccc2)nc1/C=C/c1ccc(N(C)C)cc1. The summed E-state index contributed by atoms with van der Waals surface area (Å²) in [5.74, 6) is 0.349. The number of hydrogen-bond acceptors (Lipinski definition) is 5. The number of anilines is 3. The third-order valence-corrected chi connectivity index (χ3v) is 4.20. The van der Waals surface area contributed by atoms with Gasteiger partial charge in [-0.05, 0) is 55.0 Å². The largest absolute Gasteiger partial charge is 0.378 e. The maximum atomic E-state index is 5.32. The molecule has 1 aromatic heterocycles. The van der Waals surface area contributed by atoms with Crippen molar-refractivity contribution in [1.29, 1.82) is 0 Å². The average Bonchev–Trinajstić information content (AvgIpc) is 2.69. The van der Waals surface area contributed by atoms with Gasteiger partial charge in [0.25, 0.3) is 0 Å². The van der Waals surface area contributed by atoms with Gasteiger partial charge in [0.15, 0.2) is 5.11 Å². The Bertz CT molecular complexity index is 968. The van der Waals surface area contributed by atoms with E-state index in [0.29, 0.717) is 11.1 Å². The first-order chi connectivity index (χ1) is 13.5. The molecule has 2 N–H and O–H groups in total. The van der Waals surface area contributed by atoms with Crippen molar-refractivity contribution >= 4 is 46.8 Å². The van der Waals surface area contributed by atoms with Crippen LogP contribution in [0.3, 0.4) is 0 Å². The predicted octanol–water partition coefficient (Wildman–Crippen LogP) is 4.23. The van der Waals surface area contributed by atoms with Gasteiger partial charge < -0.3 is 10.2 Å². The molecule has 2 aromatic carbocycles. The molecule has 0 unspecified atom stereocenters. The van der Waals surface area contributed by atoms with Gasteiger partial charge in [0.1, 0.15) is 0 Å². The third kappa shape index (κ3) is 5.34. The zero-order valence-corrected chi connectivity index (χ0v) is 16.9. The van der Waals surface area contributed by atoms with Gasteiger partial charge in [-0.2, -0.15) is 0 Å². The van der Waals surface area contributed by atoms with Gasteiger partial charge >= 0.3 is 0 Å². The number of nitrogens with one attached hydrogen (secondary N) is 2. The zero-order chi connectivity index (χ0) is 19.9. The molecule has 3 rings (SSSR count). The number of aromatic nitrogens is 3. The second-order valence-electron chi connectivity index (χ2n) is 6.37. The van der Waals surface area contributed by atoms with Crippen LogP contribution in [0.4, 0.5) is 17.3 Å². The van der Waals surface area contributed by atoms with E-state index in [1.54, 1.807) is 0 Å². The topological polar surface area (TPSA) is 66.0 Å². The predicted molar refractivity (Wildman–Crippen MR) is 121 cm³/mol. The van der Waals surface area contributed by atoms with Crippen molar-refractivity contribution in [3.8, 4) is 0 Å². The van der Waals surface area contributed by atoms with Crippen molar-refractivity contribution in [2.45, 2.75) is 6.92 Å².